The second-order valence-corrected chi connectivity index (χ2v) is 11.1. The Morgan fingerprint density at radius 1 is 1.16 bits per heavy atom. The SMILES string of the molecule is Cc1c2cc(F)cc1NS(=O)(=O)N(C)CCCCC1CN(CCN1C(=O)CC1CC1)C2. The van der Waals surface area contributed by atoms with Crippen molar-refractivity contribution in [3.8, 4) is 0 Å². The smallest absolute Gasteiger partial charge is 0.301 e. The van der Waals surface area contributed by atoms with Crippen molar-refractivity contribution in [1.82, 2.24) is 14.1 Å². The van der Waals surface area contributed by atoms with Gasteiger partial charge in [0.05, 0.1) is 5.69 Å². The molecule has 0 radical (unpaired) electrons. The van der Waals surface area contributed by atoms with E-state index in [2.05, 4.69) is 9.62 Å². The number of piperazine rings is 1. The van der Waals surface area contributed by atoms with Gasteiger partial charge in [-0.25, -0.2) is 4.39 Å². The van der Waals surface area contributed by atoms with E-state index in [1.807, 2.05) is 11.8 Å². The lowest BCUT2D eigenvalue weighted by atomic mass is 10.0. The summed E-state index contributed by atoms with van der Waals surface area (Å²) in [7, 11) is -2.22. The molecular formula is C22H33FN4O3S. The predicted molar refractivity (Wildman–Crippen MR) is 118 cm³/mol. The van der Waals surface area contributed by atoms with Gasteiger partial charge in [0.2, 0.25) is 5.91 Å². The molecule has 2 atom stereocenters. The lowest BCUT2D eigenvalue weighted by Gasteiger charge is -2.42. The first kappa shape index (κ1) is 22.5. The number of carbonyl (C=O) groups excluding carboxylic acids is 1. The predicted octanol–water partition coefficient (Wildman–Crippen LogP) is 2.72. The van der Waals surface area contributed by atoms with Crippen LogP contribution in [0.25, 0.3) is 0 Å². The molecule has 3 aliphatic rings. The number of fused-ring (bicyclic) bond motifs is 4. The van der Waals surface area contributed by atoms with Crippen molar-refractivity contribution in [2.45, 2.75) is 58.0 Å². The minimum absolute atomic E-state index is 0.122. The summed E-state index contributed by atoms with van der Waals surface area (Å²) in [5.41, 5.74) is 1.79. The van der Waals surface area contributed by atoms with Crippen molar-refractivity contribution in [3.63, 3.8) is 0 Å². The average molecular weight is 453 g/mol. The number of amides is 1. The maximum atomic E-state index is 14.3. The molecule has 0 aromatic heterocycles. The zero-order valence-corrected chi connectivity index (χ0v) is 19.3. The number of rotatable bonds is 2. The van der Waals surface area contributed by atoms with Crippen LogP contribution in [0.5, 0.6) is 0 Å². The fourth-order valence-corrected chi connectivity index (χ4v) is 5.64. The second kappa shape index (κ2) is 9.03. The summed E-state index contributed by atoms with van der Waals surface area (Å²) >= 11 is 0. The maximum Gasteiger partial charge on any atom is 0.301 e. The van der Waals surface area contributed by atoms with Gasteiger partial charge in [0.25, 0.3) is 0 Å². The summed E-state index contributed by atoms with van der Waals surface area (Å²) in [6.45, 7) is 4.95. The molecule has 172 valence electrons. The Hall–Kier alpha value is -1.71. The zero-order valence-electron chi connectivity index (χ0n) is 18.4. The molecule has 4 bridgehead atoms. The third-order valence-corrected chi connectivity index (χ3v) is 8.31. The normalized spacial score (nSPS) is 27.3. The molecule has 2 fully saturated rings. The van der Waals surface area contributed by atoms with Crippen molar-refractivity contribution in [3.05, 3.63) is 29.1 Å². The summed E-state index contributed by atoms with van der Waals surface area (Å²) in [5.74, 6) is 0.355. The van der Waals surface area contributed by atoms with Crippen LogP contribution in [0.1, 0.15) is 49.7 Å². The van der Waals surface area contributed by atoms with Gasteiger partial charge in [0.1, 0.15) is 5.82 Å². The van der Waals surface area contributed by atoms with E-state index in [0.717, 1.165) is 49.9 Å². The van der Waals surface area contributed by atoms with Crippen LogP contribution in [-0.4, -0.2) is 67.7 Å². The Bertz CT molecular complexity index is 935. The first-order valence-corrected chi connectivity index (χ1v) is 12.7. The lowest BCUT2D eigenvalue weighted by Crippen LogP contribution is -2.55. The first-order valence-electron chi connectivity index (χ1n) is 11.3. The molecule has 1 saturated heterocycles. The monoisotopic (exact) mass is 452 g/mol. The molecule has 2 aliphatic heterocycles. The fourth-order valence-electron chi connectivity index (χ4n) is 4.62. The molecule has 2 unspecified atom stereocenters. The van der Waals surface area contributed by atoms with Crippen LogP contribution in [-0.2, 0) is 21.5 Å². The lowest BCUT2D eigenvalue weighted by molar-refractivity contribution is -0.136. The maximum absolute atomic E-state index is 14.3. The highest BCUT2D eigenvalue weighted by Gasteiger charge is 2.34. The highest BCUT2D eigenvalue weighted by molar-refractivity contribution is 7.90. The molecule has 2 heterocycles. The van der Waals surface area contributed by atoms with Crippen LogP contribution >= 0.6 is 0 Å². The Kier molecular flexibility index (Phi) is 6.55. The molecule has 4 rings (SSSR count). The van der Waals surface area contributed by atoms with Gasteiger partial charge in [-0.15, -0.1) is 0 Å². The van der Waals surface area contributed by atoms with E-state index >= 15 is 0 Å². The van der Waals surface area contributed by atoms with Gasteiger partial charge in [0, 0.05) is 52.2 Å². The number of hydrogen-bond donors (Lipinski definition) is 1. The second-order valence-electron chi connectivity index (χ2n) is 9.29. The van der Waals surface area contributed by atoms with Crippen molar-refractivity contribution in [2.24, 2.45) is 5.92 Å². The van der Waals surface area contributed by atoms with E-state index < -0.39 is 16.0 Å². The zero-order chi connectivity index (χ0) is 22.2. The van der Waals surface area contributed by atoms with Crippen LogP contribution in [0.4, 0.5) is 10.1 Å². The molecule has 1 N–H and O–H groups in total. The minimum Gasteiger partial charge on any atom is -0.337 e. The number of nitrogens with one attached hydrogen (secondary N) is 1. The van der Waals surface area contributed by atoms with Gasteiger partial charge in [-0.3, -0.25) is 14.4 Å². The molecule has 1 aromatic carbocycles. The van der Waals surface area contributed by atoms with Crippen LogP contribution in [0.15, 0.2) is 12.1 Å². The van der Waals surface area contributed by atoms with E-state index in [-0.39, 0.29) is 17.6 Å². The van der Waals surface area contributed by atoms with E-state index in [0.29, 0.717) is 38.4 Å². The van der Waals surface area contributed by atoms with Crippen LogP contribution in [0.3, 0.4) is 0 Å². The quantitative estimate of drug-likeness (QED) is 0.749. The molecule has 1 amide bonds. The van der Waals surface area contributed by atoms with E-state index in [1.54, 1.807) is 0 Å². The summed E-state index contributed by atoms with van der Waals surface area (Å²) in [6, 6.07) is 2.85. The molecular weight excluding hydrogens is 419 g/mol. The van der Waals surface area contributed by atoms with Gasteiger partial charge >= 0.3 is 10.2 Å². The number of anilines is 1. The molecule has 0 spiro atoms. The Balaban J connectivity index is 1.60. The van der Waals surface area contributed by atoms with Crippen LogP contribution in [0, 0.1) is 18.7 Å². The summed E-state index contributed by atoms with van der Waals surface area (Å²) < 4.78 is 43.6. The third-order valence-electron chi connectivity index (χ3n) is 6.83. The van der Waals surface area contributed by atoms with E-state index in [4.69, 9.17) is 0 Å². The molecule has 1 saturated carbocycles. The Labute approximate surface area is 184 Å². The van der Waals surface area contributed by atoms with Gasteiger partial charge in [-0.2, -0.15) is 12.7 Å². The standard InChI is InChI=1S/C22H33FN4O3S/c1-16-18-12-19(23)13-21(16)24-31(29,30)25(2)8-4-3-5-20-15-26(14-18)9-10-27(20)22(28)11-17-6-7-17/h12-13,17,20,24H,3-11,14-15H2,1-2H3. The number of benzene rings is 1. The molecule has 1 aromatic rings. The summed E-state index contributed by atoms with van der Waals surface area (Å²) in [5, 5.41) is 0. The Morgan fingerprint density at radius 3 is 2.68 bits per heavy atom. The number of carbonyl (C=O) groups is 1. The molecule has 7 nitrogen and oxygen atoms in total. The number of halogens is 1. The van der Waals surface area contributed by atoms with Crippen molar-refractivity contribution in [2.75, 3.05) is 37.9 Å². The van der Waals surface area contributed by atoms with Gasteiger partial charge < -0.3 is 4.90 Å². The van der Waals surface area contributed by atoms with Crippen LogP contribution in [0.2, 0.25) is 0 Å². The summed E-state index contributed by atoms with van der Waals surface area (Å²) in [6.07, 6.45) is 5.38. The first-order chi connectivity index (χ1) is 14.7. The van der Waals surface area contributed by atoms with Gasteiger partial charge in [-0.05, 0) is 61.8 Å². The number of nitrogens with zero attached hydrogens (tertiary/aromatic N) is 3. The van der Waals surface area contributed by atoms with Crippen molar-refractivity contribution in [1.29, 1.82) is 0 Å². The average Bonchev–Trinajstić information content (AvgIpc) is 3.51. The van der Waals surface area contributed by atoms with Gasteiger partial charge in [0.15, 0.2) is 0 Å². The minimum atomic E-state index is -3.76. The van der Waals surface area contributed by atoms with Crippen molar-refractivity contribution < 1.29 is 17.6 Å². The van der Waals surface area contributed by atoms with Crippen LogP contribution < -0.4 is 4.72 Å². The molecule has 31 heavy (non-hydrogen) atoms. The topological polar surface area (TPSA) is 73.0 Å². The third kappa shape index (κ3) is 5.38. The largest absolute Gasteiger partial charge is 0.337 e. The summed E-state index contributed by atoms with van der Waals surface area (Å²) in [4.78, 5) is 17.2. The fraction of sp³-hybridized carbons (Fsp3) is 0.682. The highest BCUT2D eigenvalue weighted by Crippen LogP contribution is 2.34. The Morgan fingerprint density at radius 2 is 1.94 bits per heavy atom. The van der Waals surface area contributed by atoms with Crippen molar-refractivity contribution >= 4 is 21.8 Å². The van der Waals surface area contributed by atoms with Gasteiger partial charge in [-0.1, -0.05) is 6.42 Å². The van der Waals surface area contributed by atoms with E-state index in [1.165, 1.54) is 23.5 Å². The van der Waals surface area contributed by atoms with E-state index in [9.17, 15) is 17.6 Å². The molecule has 1 aliphatic carbocycles. The number of hydrogen-bond acceptors (Lipinski definition) is 4. The molecule has 9 heteroatoms. The highest BCUT2D eigenvalue weighted by atomic mass is 32.2.